The van der Waals surface area contributed by atoms with Crippen molar-refractivity contribution in [1.29, 1.82) is 0 Å². The molecule has 0 bridgehead atoms. The van der Waals surface area contributed by atoms with Gasteiger partial charge in [0.2, 0.25) is 5.91 Å². The van der Waals surface area contributed by atoms with E-state index >= 15 is 0 Å². The molecule has 160 valence electrons. The summed E-state index contributed by atoms with van der Waals surface area (Å²) in [5, 5.41) is 4.61. The van der Waals surface area contributed by atoms with Crippen molar-refractivity contribution in [3.63, 3.8) is 0 Å². The third kappa shape index (κ3) is 6.54. The molecule has 0 saturated carbocycles. The quantitative estimate of drug-likeness (QED) is 0.324. The number of ether oxygens (including phenoxy) is 2. The number of nitrogens with one attached hydrogen (secondary N) is 1. The number of benzene rings is 3. The molecule has 0 atom stereocenters. The second-order valence-electron chi connectivity index (χ2n) is 6.50. The van der Waals surface area contributed by atoms with E-state index in [9.17, 15) is 9.18 Å². The molecule has 1 amide bonds. The van der Waals surface area contributed by atoms with Crippen LogP contribution in [-0.4, -0.2) is 19.2 Å². The fourth-order valence-electron chi connectivity index (χ4n) is 2.69. The fraction of sp³-hybridized carbons (Fsp3) is 0.130. The standard InChI is InChI=1S/C23H19BrClFN2O3/c1-30-21-11-17(13-27-28-23(29)10-15-6-8-18(26)9-7-15)19(24)12-22(21)31-14-16-4-2-3-5-20(16)25/h2-9,11-13H,10,14H2,1H3,(H,28,29)/b27-13+. The molecule has 0 heterocycles. The number of methoxy groups -OCH3 is 1. The van der Waals surface area contributed by atoms with Crippen LogP contribution in [0.15, 0.2) is 70.2 Å². The molecule has 3 rings (SSSR count). The highest BCUT2D eigenvalue weighted by molar-refractivity contribution is 9.10. The summed E-state index contributed by atoms with van der Waals surface area (Å²) in [6.07, 6.45) is 1.59. The van der Waals surface area contributed by atoms with E-state index in [1.807, 2.05) is 18.2 Å². The van der Waals surface area contributed by atoms with E-state index in [-0.39, 0.29) is 24.8 Å². The van der Waals surface area contributed by atoms with Crippen molar-refractivity contribution < 1.29 is 18.7 Å². The molecule has 0 aliphatic carbocycles. The van der Waals surface area contributed by atoms with Gasteiger partial charge in [0.1, 0.15) is 12.4 Å². The zero-order valence-corrected chi connectivity index (χ0v) is 18.9. The highest BCUT2D eigenvalue weighted by Crippen LogP contribution is 2.33. The topological polar surface area (TPSA) is 59.9 Å². The summed E-state index contributed by atoms with van der Waals surface area (Å²) >= 11 is 9.65. The Balaban J connectivity index is 1.64. The monoisotopic (exact) mass is 504 g/mol. The Bertz CT molecular complexity index is 1090. The third-order valence-electron chi connectivity index (χ3n) is 4.29. The molecule has 0 radical (unpaired) electrons. The first-order valence-corrected chi connectivity index (χ1v) is 10.4. The van der Waals surface area contributed by atoms with Crippen molar-refractivity contribution in [1.82, 2.24) is 5.43 Å². The van der Waals surface area contributed by atoms with Crippen LogP contribution in [0.5, 0.6) is 11.5 Å². The normalized spacial score (nSPS) is 10.8. The average molecular weight is 506 g/mol. The number of halogens is 3. The van der Waals surface area contributed by atoms with Crippen LogP contribution in [-0.2, 0) is 17.8 Å². The Morgan fingerprint density at radius 1 is 1.16 bits per heavy atom. The van der Waals surface area contributed by atoms with Crippen LogP contribution in [0.25, 0.3) is 0 Å². The van der Waals surface area contributed by atoms with Gasteiger partial charge in [-0.2, -0.15) is 5.10 Å². The second kappa shape index (κ2) is 10.9. The van der Waals surface area contributed by atoms with Crippen molar-refractivity contribution in [2.75, 3.05) is 7.11 Å². The molecule has 0 aliphatic rings. The highest BCUT2D eigenvalue weighted by Gasteiger charge is 2.11. The number of carbonyl (C=O) groups is 1. The molecule has 0 fully saturated rings. The van der Waals surface area contributed by atoms with Gasteiger partial charge in [0, 0.05) is 20.6 Å². The van der Waals surface area contributed by atoms with Gasteiger partial charge in [0.15, 0.2) is 11.5 Å². The number of hydrogen-bond acceptors (Lipinski definition) is 4. The lowest BCUT2D eigenvalue weighted by atomic mass is 10.1. The van der Waals surface area contributed by atoms with Crippen LogP contribution in [0.4, 0.5) is 4.39 Å². The number of hydrazone groups is 1. The van der Waals surface area contributed by atoms with Crippen LogP contribution < -0.4 is 14.9 Å². The number of rotatable bonds is 8. The van der Waals surface area contributed by atoms with Crippen LogP contribution in [0.1, 0.15) is 16.7 Å². The van der Waals surface area contributed by atoms with Crippen LogP contribution in [0.3, 0.4) is 0 Å². The summed E-state index contributed by atoms with van der Waals surface area (Å²) in [6.45, 7) is 0.287. The van der Waals surface area contributed by atoms with Crippen molar-refractivity contribution in [3.8, 4) is 11.5 Å². The van der Waals surface area contributed by atoms with Crippen LogP contribution in [0, 0.1) is 5.82 Å². The second-order valence-corrected chi connectivity index (χ2v) is 7.76. The number of carbonyl (C=O) groups excluding carboxylic acids is 1. The largest absolute Gasteiger partial charge is 0.493 e. The van der Waals surface area contributed by atoms with Crippen molar-refractivity contribution in [3.05, 3.63) is 92.7 Å². The minimum Gasteiger partial charge on any atom is -0.493 e. The Morgan fingerprint density at radius 2 is 1.90 bits per heavy atom. The van der Waals surface area contributed by atoms with E-state index in [2.05, 4.69) is 26.5 Å². The SMILES string of the molecule is COc1cc(/C=N/NC(=O)Cc2ccc(F)cc2)c(Br)cc1OCc1ccccc1Cl. The zero-order chi connectivity index (χ0) is 22.2. The lowest BCUT2D eigenvalue weighted by molar-refractivity contribution is -0.120. The van der Waals surface area contributed by atoms with Crippen LogP contribution >= 0.6 is 27.5 Å². The smallest absolute Gasteiger partial charge is 0.244 e. The van der Waals surface area contributed by atoms with E-state index in [0.29, 0.717) is 32.1 Å². The van der Waals surface area contributed by atoms with Crippen molar-refractivity contribution >= 4 is 39.7 Å². The maximum Gasteiger partial charge on any atom is 0.244 e. The molecule has 3 aromatic carbocycles. The van der Waals surface area contributed by atoms with E-state index in [1.54, 1.807) is 30.3 Å². The average Bonchev–Trinajstić information content (AvgIpc) is 2.76. The number of amides is 1. The molecular formula is C23H19BrClFN2O3. The van der Waals surface area contributed by atoms with E-state index < -0.39 is 0 Å². The highest BCUT2D eigenvalue weighted by atomic mass is 79.9. The number of hydrogen-bond donors (Lipinski definition) is 1. The summed E-state index contributed by atoms with van der Waals surface area (Å²) in [6, 6.07) is 16.7. The van der Waals surface area contributed by atoms with Gasteiger partial charge in [-0.15, -0.1) is 0 Å². The summed E-state index contributed by atoms with van der Waals surface area (Å²) in [7, 11) is 1.54. The molecule has 0 unspecified atom stereocenters. The Hall–Kier alpha value is -2.90. The molecule has 31 heavy (non-hydrogen) atoms. The molecule has 8 heteroatoms. The predicted octanol–water partition coefficient (Wildman–Crippen LogP) is 5.52. The first-order chi connectivity index (χ1) is 15.0. The molecule has 0 aliphatic heterocycles. The summed E-state index contributed by atoms with van der Waals surface area (Å²) < 4.78 is 24.9. The summed E-state index contributed by atoms with van der Waals surface area (Å²) in [5.41, 5.74) is 4.69. The third-order valence-corrected chi connectivity index (χ3v) is 5.35. The Labute approximate surface area is 193 Å². The number of nitrogens with zero attached hydrogens (tertiary/aromatic N) is 1. The molecular weight excluding hydrogens is 487 g/mol. The summed E-state index contributed by atoms with van der Waals surface area (Å²) in [5.74, 6) is 0.382. The van der Waals surface area contributed by atoms with Crippen molar-refractivity contribution in [2.45, 2.75) is 13.0 Å². The van der Waals surface area contributed by atoms with Gasteiger partial charge in [0.05, 0.1) is 19.7 Å². The molecule has 3 aromatic rings. The van der Waals surface area contributed by atoms with Gasteiger partial charge in [-0.25, -0.2) is 9.82 Å². The fourth-order valence-corrected chi connectivity index (χ4v) is 3.31. The van der Waals surface area contributed by atoms with Crippen LogP contribution in [0.2, 0.25) is 5.02 Å². The van der Waals surface area contributed by atoms with Crippen molar-refractivity contribution in [2.24, 2.45) is 5.10 Å². The van der Waals surface area contributed by atoms with Gasteiger partial charge in [-0.3, -0.25) is 4.79 Å². The van der Waals surface area contributed by atoms with Gasteiger partial charge in [0.25, 0.3) is 0 Å². The van der Waals surface area contributed by atoms with E-state index in [4.69, 9.17) is 21.1 Å². The summed E-state index contributed by atoms with van der Waals surface area (Å²) in [4.78, 5) is 12.0. The lowest BCUT2D eigenvalue weighted by Crippen LogP contribution is -2.19. The minimum absolute atomic E-state index is 0.0942. The Morgan fingerprint density at radius 3 is 2.61 bits per heavy atom. The van der Waals surface area contributed by atoms with Gasteiger partial charge in [-0.1, -0.05) is 41.9 Å². The maximum atomic E-state index is 12.9. The molecule has 1 N–H and O–H groups in total. The first-order valence-electron chi connectivity index (χ1n) is 9.26. The molecule has 0 spiro atoms. The van der Waals surface area contributed by atoms with Gasteiger partial charge >= 0.3 is 0 Å². The van der Waals surface area contributed by atoms with Gasteiger partial charge in [-0.05, 0) is 51.8 Å². The first kappa shape index (κ1) is 22.8. The predicted molar refractivity (Wildman–Crippen MR) is 122 cm³/mol. The molecule has 0 saturated heterocycles. The zero-order valence-electron chi connectivity index (χ0n) is 16.6. The molecule has 0 aromatic heterocycles. The van der Waals surface area contributed by atoms with E-state index in [1.165, 1.54) is 25.5 Å². The minimum atomic E-state index is -0.347. The molecule has 5 nitrogen and oxygen atoms in total. The lowest BCUT2D eigenvalue weighted by Gasteiger charge is -2.13. The van der Waals surface area contributed by atoms with Gasteiger partial charge < -0.3 is 9.47 Å². The maximum absolute atomic E-state index is 12.9. The van der Waals surface area contributed by atoms with E-state index in [0.717, 1.165) is 5.56 Å². The Kier molecular flexibility index (Phi) is 8.03.